The van der Waals surface area contributed by atoms with Gasteiger partial charge in [-0.3, -0.25) is 0 Å². The highest BCUT2D eigenvalue weighted by Crippen LogP contribution is 2.22. The number of benzene rings is 1. The zero-order valence-corrected chi connectivity index (χ0v) is 8.82. The standard InChI is InChI=1S/C12H11N3O/c1-13-8-4-5-9-10(7-8)15-12(14-9)11-3-2-6-16-11/h2-7,13H,1H3,(H,14,15). The number of anilines is 1. The Morgan fingerprint density at radius 1 is 1.31 bits per heavy atom. The number of H-pyrrole nitrogens is 1. The van der Waals surface area contributed by atoms with Gasteiger partial charge in [-0.15, -0.1) is 0 Å². The Morgan fingerprint density at radius 2 is 2.25 bits per heavy atom. The van der Waals surface area contributed by atoms with E-state index in [-0.39, 0.29) is 0 Å². The predicted octanol–water partition coefficient (Wildman–Crippen LogP) is 2.86. The lowest BCUT2D eigenvalue weighted by Gasteiger charge is -1.97. The first kappa shape index (κ1) is 9.03. The lowest BCUT2D eigenvalue weighted by Crippen LogP contribution is -1.86. The number of nitrogens with zero attached hydrogens (tertiary/aromatic N) is 1. The van der Waals surface area contributed by atoms with Crippen molar-refractivity contribution < 1.29 is 4.42 Å². The van der Waals surface area contributed by atoms with Crippen molar-refractivity contribution in [2.75, 3.05) is 12.4 Å². The summed E-state index contributed by atoms with van der Waals surface area (Å²) in [5.41, 5.74) is 2.99. The van der Waals surface area contributed by atoms with Crippen molar-refractivity contribution in [1.82, 2.24) is 9.97 Å². The van der Waals surface area contributed by atoms with Gasteiger partial charge in [0, 0.05) is 12.7 Å². The van der Waals surface area contributed by atoms with Crippen molar-refractivity contribution in [3.05, 3.63) is 36.6 Å². The third-order valence-electron chi connectivity index (χ3n) is 2.53. The van der Waals surface area contributed by atoms with Crippen LogP contribution >= 0.6 is 0 Å². The van der Waals surface area contributed by atoms with Crippen LogP contribution in [-0.4, -0.2) is 17.0 Å². The maximum absolute atomic E-state index is 5.30. The molecule has 0 bridgehead atoms. The van der Waals surface area contributed by atoms with Gasteiger partial charge in [0.2, 0.25) is 0 Å². The van der Waals surface area contributed by atoms with Crippen molar-refractivity contribution in [1.29, 1.82) is 0 Å². The normalized spacial score (nSPS) is 10.8. The summed E-state index contributed by atoms with van der Waals surface area (Å²) in [5.74, 6) is 1.51. The minimum absolute atomic E-state index is 0.752. The van der Waals surface area contributed by atoms with Gasteiger partial charge < -0.3 is 14.7 Å². The van der Waals surface area contributed by atoms with Gasteiger partial charge in [0.1, 0.15) is 0 Å². The Labute approximate surface area is 92.3 Å². The molecule has 0 saturated carbocycles. The number of furan rings is 1. The second-order valence-corrected chi connectivity index (χ2v) is 3.54. The lowest BCUT2D eigenvalue weighted by atomic mass is 10.3. The molecule has 80 valence electrons. The highest BCUT2D eigenvalue weighted by atomic mass is 16.3. The Hall–Kier alpha value is -2.23. The molecule has 0 radical (unpaired) electrons. The smallest absolute Gasteiger partial charge is 0.174 e. The maximum atomic E-state index is 5.30. The predicted molar refractivity (Wildman–Crippen MR) is 63.3 cm³/mol. The van der Waals surface area contributed by atoms with E-state index < -0.39 is 0 Å². The van der Waals surface area contributed by atoms with E-state index in [1.807, 2.05) is 37.4 Å². The number of hydrogen-bond donors (Lipinski definition) is 2. The summed E-state index contributed by atoms with van der Waals surface area (Å²) in [4.78, 5) is 7.68. The average Bonchev–Trinajstić information content (AvgIpc) is 2.96. The molecule has 0 aliphatic carbocycles. The van der Waals surface area contributed by atoms with Crippen molar-refractivity contribution in [3.63, 3.8) is 0 Å². The summed E-state index contributed by atoms with van der Waals surface area (Å²) < 4.78 is 5.30. The summed E-state index contributed by atoms with van der Waals surface area (Å²) in [6, 6.07) is 9.73. The van der Waals surface area contributed by atoms with Crippen molar-refractivity contribution >= 4 is 16.7 Å². The molecule has 3 aromatic rings. The van der Waals surface area contributed by atoms with Gasteiger partial charge in [-0.05, 0) is 30.3 Å². The van der Waals surface area contributed by atoms with Gasteiger partial charge >= 0.3 is 0 Å². The molecule has 3 rings (SSSR count). The van der Waals surface area contributed by atoms with Gasteiger partial charge in [-0.2, -0.15) is 0 Å². The highest BCUT2D eigenvalue weighted by molar-refractivity contribution is 5.81. The molecular weight excluding hydrogens is 202 g/mol. The zero-order valence-electron chi connectivity index (χ0n) is 8.82. The van der Waals surface area contributed by atoms with E-state index >= 15 is 0 Å². The van der Waals surface area contributed by atoms with Crippen LogP contribution in [0.1, 0.15) is 0 Å². The van der Waals surface area contributed by atoms with Crippen molar-refractivity contribution in [2.45, 2.75) is 0 Å². The lowest BCUT2D eigenvalue weighted by molar-refractivity contribution is 0.578. The molecule has 1 aromatic carbocycles. The molecule has 4 nitrogen and oxygen atoms in total. The number of fused-ring (bicyclic) bond motifs is 1. The van der Waals surface area contributed by atoms with Crippen LogP contribution in [0.3, 0.4) is 0 Å². The molecular formula is C12H11N3O. The first-order valence-electron chi connectivity index (χ1n) is 5.08. The second-order valence-electron chi connectivity index (χ2n) is 3.54. The fourth-order valence-corrected chi connectivity index (χ4v) is 1.70. The molecule has 0 unspecified atom stereocenters. The third-order valence-corrected chi connectivity index (χ3v) is 2.53. The number of imidazole rings is 1. The second kappa shape index (κ2) is 3.41. The first-order chi connectivity index (χ1) is 7.86. The zero-order chi connectivity index (χ0) is 11.0. The summed E-state index contributed by atoms with van der Waals surface area (Å²) in [5, 5.41) is 3.09. The Morgan fingerprint density at radius 3 is 3.00 bits per heavy atom. The average molecular weight is 213 g/mol. The van der Waals surface area contributed by atoms with Crippen LogP contribution in [0, 0.1) is 0 Å². The molecule has 0 amide bonds. The number of rotatable bonds is 2. The Kier molecular flexibility index (Phi) is 1.93. The van der Waals surface area contributed by atoms with Gasteiger partial charge in [0.05, 0.1) is 17.3 Å². The largest absolute Gasteiger partial charge is 0.461 e. The van der Waals surface area contributed by atoms with Crippen LogP contribution in [0.2, 0.25) is 0 Å². The minimum Gasteiger partial charge on any atom is -0.461 e. The maximum Gasteiger partial charge on any atom is 0.174 e. The van der Waals surface area contributed by atoms with Crippen molar-refractivity contribution in [2.24, 2.45) is 0 Å². The first-order valence-corrected chi connectivity index (χ1v) is 5.08. The van der Waals surface area contributed by atoms with E-state index in [1.165, 1.54) is 0 Å². The fourth-order valence-electron chi connectivity index (χ4n) is 1.70. The number of aromatic amines is 1. The minimum atomic E-state index is 0.752. The van der Waals surface area contributed by atoms with Gasteiger partial charge in [-0.25, -0.2) is 4.98 Å². The number of aromatic nitrogens is 2. The van der Waals surface area contributed by atoms with E-state index in [9.17, 15) is 0 Å². The molecule has 2 aromatic heterocycles. The van der Waals surface area contributed by atoms with E-state index in [2.05, 4.69) is 15.3 Å². The van der Waals surface area contributed by atoms with E-state index in [4.69, 9.17) is 4.42 Å². The number of hydrogen-bond acceptors (Lipinski definition) is 3. The molecule has 0 spiro atoms. The van der Waals surface area contributed by atoms with Gasteiger partial charge in [0.15, 0.2) is 11.6 Å². The molecule has 0 fully saturated rings. The Bertz CT molecular complexity index is 610. The monoisotopic (exact) mass is 213 g/mol. The van der Waals surface area contributed by atoms with Crippen LogP contribution < -0.4 is 5.32 Å². The van der Waals surface area contributed by atoms with Crippen LogP contribution in [0.15, 0.2) is 41.0 Å². The summed E-state index contributed by atoms with van der Waals surface area (Å²) in [6.45, 7) is 0. The van der Waals surface area contributed by atoms with Crippen LogP contribution in [0.25, 0.3) is 22.6 Å². The quantitative estimate of drug-likeness (QED) is 0.688. The van der Waals surface area contributed by atoms with E-state index in [0.717, 1.165) is 28.3 Å². The fraction of sp³-hybridized carbons (Fsp3) is 0.0833. The molecule has 0 aliphatic heterocycles. The molecule has 0 aliphatic rings. The van der Waals surface area contributed by atoms with Crippen LogP contribution in [0.5, 0.6) is 0 Å². The van der Waals surface area contributed by atoms with Crippen molar-refractivity contribution in [3.8, 4) is 11.6 Å². The molecule has 2 heterocycles. The molecule has 0 saturated heterocycles. The molecule has 2 N–H and O–H groups in total. The summed E-state index contributed by atoms with van der Waals surface area (Å²) in [7, 11) is 1.89. The molecule has 0 atom stereocenters. The molecule has 16 heavy (non-hydrogen) atoms. The summed E-state index contributed by atoms with van der Waals surface area (Å²) >= 11 is 0. The topological polar surface area (TPSA) is 53.9 Å². The summed E-state index contributed by atoms with van der Waals surface area (Å²) in [6.07, 6.45) is 1.64. The molecule has 4 heteroatoms. The van der Waals surface area contributed by atoms with Crippen LogP contribution in [-0.2, 0) is 0 Å². The Balaban J connectivity index is 2.16. The van der Waals surface area contributed by atoms with E-state index in [1.54, 1.807) is 6.26 Å². The third kappa shape index (κ3) is 1.35. The SMILES string of the molecule is CNc1ccc2nc(-c3ccco3)[nH]c2c1. The number of nitrogens with one attached hydrogen (secondary N) is 2. The van der Waals surface area contributed by atoms with E-state index in [0.29, 0.717) is 0 Å². The van der Waals surface area contributed by atoms with Gasteiger partial charge in [-0.1, -0.05) is 0 Å². The van der Waals surface area contributed by atoms with Crippen LogP contribution in [0.4, 0.5) is 5.69 Å². The highest BCUT2D eigenvalue weighted by Gasteiger charge is 2.07. The van der Waals surface area contributed by atoms with Gasteiger partial charge in [0.25, 0.3) is 0 Å².